The number of hydrogen-bond donors (Lipinski definition) is 0. The first-order valence-corrected chi connectivity index (χ1v) is 5.61. The summed E-state index contributed by atoms with van der Waals surface area (Å²) in [6.07, 6.45) is 6.93. The average molecular weight is 181 g/mol. The van der Waals surface area contributed by atoms with E-state index in [0.29, 0.717) is 5.41 Å². The van der Waals surface area contributed by atoms with Gasteiger partial charge < -0.3 is 4.65 Å². The summed E-state index contributed by atoms with van der Waals surface area (Å²) in [7, 11) is 1.83. The molecule has 2 heteroatoms. The Balaban J connectivity index is 2.51. The molecule has 0 aliphatic heterocycles. The van der Waals surface area contributed by atoms with Gasteiger partial charge in [-0.3, -0.25) is 0 Å². The van der Waals surface area contributed by atoms with Crippen LogP contribution in [0.2, 0.25) is 6.82 Å². The molecule has 1 aliphatic carbocycles. The Bertz CT molecular complexity index is 139. The zero-order valence-electron chi connectivity index (χ0n) is 9.31. The third-order valence-electron chi connectivity index (χ3n) is 3.61. The van der Waals surface area contributed by atoms with Crippen molar-refractivity contribution in [1.29, 1.82) is 0 Å². The Labute approximate surface area is 83.5 Å². The van der Waals surface area contributed by atoms with Crippen LogP contribution in [-0.2, 0) is 4.65 Å². The predicted molar refractivity (Wildman–Crippen MR) is 57.9 cm³/mol. The molecule has 75 valence electrons. The molecule has 1 radical (unpaired) electrons. The molecule has 0 aromatic carbocycles. The SMILES string of the molecule is C[B]OCC1(C(C)C)CCCCC1. The van der Waals surface area contributed by atoms with Gasteiger partial charge in [-0.2, -0.15) is 0 Å². The molecule has 0 unspecified atom stereocenters. The van der Waals surface area contributed by atoms with Gasteiger partial charge in [0.25, 0.3) is 7.48 Å². The van der Waals surface area contributed by atoms with Crippen LogP contribution in [0.4, 0.5) is 0 Å². The molecule has 0 spiro atoms. The van der Waals surface area contributed by atoms with Crippen molar-refractivity contribution >= 4 is 7.48 Å². The summed E-state index contributed by atoms with van der Waals surface area (Å²) in [5.41, 5.74) is 0.477. The third-order valence-corrected chi connectivity index (χ3v) is 3.61. The number of hydrogen-bond acceptors (Lipinski definition) is 1. The maximum Gasteiger partial charge on any atom is 0.289 e. The van der Waals surface area contributed by atoms with E-state index in [9.17, 15) is 0 Å². The van der Waals surface area contributed by atoms with E-state index < -0.39 is 0 Å². The van der Waals surface area contributed by atoms with E-state index >= 15 is 0 Å². The Hall–Kier alpha value is 0.0249. The van der Waals surface area contributed by atoms with Crippen LogP contribution in [-0.4, -0.2) is 14.1 Å². The van der Waals surface area contributed by atoms with Crippen molar-refractivity contribution in [3.8, 4) is 0 Å². The molecular weight excluding hydrogens is 159 g/mol. The van der Waals surface area contributed by atoms with E-state index in [-0.39, 0.29) is 0 Å². The van der Waals surface area contributed by atoms with Gasteiger partial charge in [-0.25, -0.2) is 0 Å². The molecule has 0 amide bonds. The minimum atomic E-state index is 0.477. The van der Waals surface area contributed by atoms with Gasteiger partial charge in [0.2, 0.25) is 0 Å². The second-order valence-corrected chi connectivity index (χ2v) is 4.62. The fourth-order valence-corrected chi connectivity index (χ4v) is 2.39. The molecule has 0 aromatic heterocycles. The lowest BCUT2D eigenvalue weighted by Gasteiger charge is -2.40. The lowest BCUT2D eigenvalue weighted by Crippen LogP contribution is -2.35. The van der Waals surface area contributed by atoms with Gasteiger partial charge in [0, 0.05) is 6.61 Å². The van der Waals surface area contributed by atoms with Crippen LogP contribution in [0, 0.1) is 11.3 Å². The maximum absolute atomic E-state index is 5.51. The molecule has 1 rings (SSSR count). The summed E-state index contributed by atoms with van der Waals surface area (Å²) in [6, 6.07) is 0. The monoisotopic (exact) mass is 181 g/mol. The van der Waals surface area contributed by atoms with Gasteiger partial charge in [0.05, 0.1) is 0 Å². The van der Waals surface area contributed by atoms with Crippen LogP contribution >= 0.6 is 0 Å². The molecule has 0 saturated heterocycles. The van der Waals surface area contributed by atoms with Gasteiger partial charge in [-0.15, -0.1) is 0 Å². The highest BCUT2D eigenvalue weighted by atomic mass is 16.4. The lowest BCUT2D eigenvalue weighted by molar-refractivity contribution is 0.0521. The second kappa shape index (κ2) is 5.04. The summed E-state index contributed by atoms with van der Waals surface area (Å²) in [5, 5.41) is 0. The third kappa shape index (κ3) is 2.73. The smallest absolute Gasteiger partial charge is 0.289 e. The molecule has 0 aromatic rings. The van der Waals surface area contributed by atoms with E-state index in [0.717, 1.165) is 12.5 Å². The van der Waals surface area contributed by atoms with Gasteiger partial charge in [-0.05, 0) is 24.2 Å². The van der Waals surface area contributed by atoms with E-state index in [2.05, 4.69) is 13.8 Å². The molecule has 0 atom stereocenters. The van der Waals surface area contributed by atoms with Crippen LogP contribution < -0.4 is 0 Å². The summed E-state index contributed by atoms with van der Waals surface area (Å²) in [5.74, 6) is 0.757. The first-order chi connectivity index (χ1) is 6.21. The molecule has 1 saturated carbocycles. The van der Waals surface area contributed by atoms with Gasteiger partial charge in [-0.1, -0.05) is 39.9 Å². The van der Waals surface area contributed by atoms with Crippen molar-refractivity contribution in [3.05, 3.63) is 0 Å². The van der Waals surface area contributed by atoms with Crippen LogP contribution in [0.3, 0.4) is 0 Å². The van der Waals surface area contributed by atoms with Crippen molar-refractivity contribution < 1.29 is 4.65 Å². The van der Waals surface area contributed by atoms with Gasteiger partial charge >= 0.3 is 0 Å². The normalized spacial score (nSPS) is 21.8. The topological polar surface area (TPSA) is 9.23 Å². The number of rotatable bonds is 4. The molecule has 1 aliphatic rings. The fraction of sp³-hybridized carbons (Fsp3) is 1.00. The Morgan fingerprint density at radius 2 is 1.85 bits per heavy atom. The lowest BCUT2D eigenvalue weighted by atomic mass is 9.67. The Morgan fingerprint density at radius 3 is 2.31 bits per heavy atom. The average Bonchev–Trinajstić information content (AvgIpc) is 2.16. The highest BCUT2D eigenvalue weighted by Crippen LogP contribution is 2.42. The zero-order chi connectivity index (χ0) is 9.73. The fourth-order valence-electron chi connectivity index (χ4n) is 2.39. The summed E-state index contributed by atoms with van der Waals surface area (Å²) in [4.78, 5) is 0. The largest absolute Gasteiger partial charge is 0.440 e. The standard InChI is InChI=1S/C11H22BO/c1-10(2)11(9-13-12-3)7-5-4-6-8-11/h10H,4-9H2,1-3H3. The van der Waals surface area contributed by atoms with Crippen molar-refractivity contribution in [2.75, 3.05) is 6.61 Å². The molecule has 0 N–H and O–H groups in total. The van der Waals surface area contributed by atoms with Crippen molar-refractivity contribution in [2.45, 2.75) is 52.8 Å². The summed E-state index contributed by atoms with van der Waals surface area (Å²) in [6.45, 7) is 7.58. The second-order valence-electron chi connectivity index (χ2n) is 4.62. The highest BCUT2D eigenvalue weighted by Gasteiger charge is 2.34. The predicted octanol–water partition coefficient (Wildman–Crippen LogP) is 3.28. The van der Waals surface area contributed by atoms with Crippen molar-refractivity contribution in [3.63, 3.8) is 0 Å². The van der Waals surface area contributed by atoms with Crippen LogP contribution in [0.15, 0.2) is 0 Å². The first kappa shape index (κ1) is 11.1. The molecular formula is C11H22BO. The van der Waals surface area contributed by atoms with Crippen molar-refractivity contribution in [2.24, 2.45) is 11.3 Å². The highest BCUT2D eigenvalue weighted by molar-refractivity contribution is 6.24. The van der Waals surface area contributed by atoms with Crippen LogP contribution in [0.1, 0.15) is 46.0 Å². The Kier molecular flexibility index (Phi) is 4.31. The quantitative estimate of drug-likeness (QED) is 0.604. The van der Waals surface area contributed by atoms with Gasteiger partial charge in [0.1, 0.15) is 0 Å². The van der Waals surface area contributed by atoms with Crippen molar-refractivity contribution in [1.82, 2.24) is 0 Å². The minimum Gasteiger partial charge on any atom is -0.440 e. The summed E-state index contributed by atoms with van der Waals surface area (Å²) >= 11 is 0. The summed E-state index contributed by atoms with van der Waals surface area (Å²) < 4.78 is 5.51. The van der Waals surface area contributed by atoms with E-state index in [1.54, 1.807) is 0 Å². The molecule has 0 heterocycles. The van der Waals surface area contributed by atoms with Crippen LogP contribution in [0.5, 0.6) is 0 Å². The Morgan fingerprint density at radius 1 is 1.23 bits per heavy atom. The molecule has 13 heavy (non-hydrogen) atoms. The zero-order valence-corrected chi connectivity index (χ0v) is 9.31. The van der Waals surface area contributed by atoms with Gasteiger partial charge in [0.15, 0.2) is 0 Å². The molecule has 1 fully saturated rings. The van der Waals surface area contributed by atoms with E-state index in [1.807, 2.05) is 14.3 Å². The minimum absolute atomic E-state index is 0.477. The molecule has 1 nitrogen and oxygen atoms in total. The van der Waals surface area contributed by atoms with Crippen LogP contribution in [0.25, 0.3) is 0 Å². The van der Waals surface area contributed by atoms with E-state index in [1.165, 1.54) is 32.1 Å². The molecule has 0 bridgehead atoms. The van der Waals surface area contributed by atoms with E-state index in [4.69, 9.17) is 4.65 Å². The maximum atomic E-state index is 5.51. The first-order valence-electron chi connectivity index (χ1n) is 5.61.